The molecule has 9 heteroatoms. The number of phenols is 1. The Morgan fingerprint density at radius 2 is 1.71 bits per heavy atom. The molecule has 0 bridgehead atoms. The predicted molar refractivity (Wildman–Crippen MR) is 119 cm³/mol. The molecular formula is C25H19F2NO6. The van der Waals surface area contributed by atoms with Crippen molar-refractivity contribution in [2.24, 2.45) is 0 Å². The summed E-state index contributed by atoms with van der Waals surface area (Å²) >= 11 is 0. The Morgan fingerprint density at radius 3 is 2.35 bits per heavy atom. The molecule has 34 heavy (non-hydrogen) atoms. The number of amides is 1. The third-order valence-corrected chi connectivity index (χ3v) is 5.47. The van der Waals surface area contributed by atoms with E-state index in [9.17, 15) is 28.6 Å². The number of ketones is 1. The molecule has 1 amide bonds. The summed E-state index contributed by atoms with van der Waals surface area (Å²) in [6, 6.07) is 11.7. The number of phenolic OH excluding ortho intramolecular Hbond substituents is 1. The minimum Gasteiger partial charge on any atom is -0.508 e. The number of ether oxygens (including phenoxy) is 2. The maximum Gasteiger partial charge on any atom is 0.300 e. The van der Waals surface area contributed by atoms with Gasteiger partial charge in [0.05, 0.1) is 31.4 Å². The van der Waals surface area contributed by atoms with Crippen LogP contribution in [-0.2, 0) is 9.59 Å². The Labute approximate surface area is 193 Å². The van der Waals surface area contributed by atoms with E-state index in [-0.39, 0.29) is 33.9 Å². The lowest BCUT2D eigenvalue weighted by Gasteiger charge is -2.25. The van der Waals surface area contributed by atoms with E-state index in [4.69, 9.17) is 9.47 Å². The van der Waals surface area contributed by atoms with Crippen LogP contribution in [0.2, 0.25) is 0 Å². The number of anilines is 1. The molecule has 2 N–H and O–H groups in total. The minimum absolute atomic E-state index is 0.0790. The second-order valence-corrected chi connectivity index (χ2v) is 7.43. The number of Topliss-reactive ketones (excluding diaryl/α,β-unsaturated/α-hetero) is 1. The van der Waals surface area contributed by atoms with Crippen molar-refractivity contribution in [3.63, 3.8) is 0 Å². The second-order valence-electron chi connectivity index (χ2n) is 7.43. The van der Waals surface area contributed by atoms with Crippen LogP contribution in [0.4, 0.5) is 14.5 Å². The number of carbonyl (C=O) groups is 2. The highest BCUT2D eigenvalue weighted by Gasteiger charge is 2.47. The van der Waals surface area contributed by atoms with Crippen molar-refractivity contribution in [3.8, 4) is 17.2 Å². The average molecular weight is 467 g/mol. The van der Waals surface area contributed by atoms with E-state index in [1.807, 2.05) is 0 Å². The van der Waals surface area contributed by atoms with Gasteiger partial charge in [0.15, 0.2) is 11.6 Å². The molecule has 4 rings (SSSR count). The van der Waals surface area contributed by atoms with E-state index in [1.54, 1.807) is 6.07 Å². The van der Waals surface area contributed by atoms with Gasteiger partial charge in [-0.3, -0.25) is 14.5 Å². The van der Waals surface area contributed by atoms with E-state index in [2.05, 4.69) is 0 Å². The van der Waals surface area contributed by atoms with Crippen LogP contribution in [0.25, 0.3) is 5.76 Å². The van der Waals surface area contributed by atoms with Crippen LogP contribution in [0.15, 0.2) is 66.2 Å². The van der Waals surface area contributed by atoms with E-state index >= 15 is 0 Å². The Kier molecular flexibility index (Phi) is 5.93. The highest BCUT2D eigenvalue weighted by Crippen LogP contribution is 2.44. The van der Waals surface area contributed by atoms with Gasteiger partial charge in [-0.2, -0.15) is 0 Å². The Bertz CT molecular complexity index is 1340. The smallest absolute Gasteiger partial charge is 0.300 e. The first-order chi connectivity index (χ1) is 16.3. The van der Waals surface area contributed by atoms with Crippen molar-refractivity contribution in [1.29, 1.82) is 0 Å². The number of rotatable bonds is 5. The molecule has 0 aromatic heterocycles. The average Bonchev–Trinajstić information content (AvgIpc) is 3.10. The van der Waals surface area contributed by atoms with Crippen molar-refractivity contribution in [3.05, 3.63) is 89.0 Å². The summed E-state index contributed by atoms with van der Waals surface area (Å²) in [5.74, 6) is -4.64. The number of nitrogens with zero attached hydrogens (tertiary/aromatic N) is 1. The maximum absolute atomic E-state index is 14.0. The van der Waals surface area contributed by atoms with Gasteiger partial charge in [-0.25, -0.2) is 8.78 Å². The summed E-state index contributed by atoms with van der Waals surface area (Å²) in [7, 11) is 2.78. The van der Waals surface area contributed by atoms with Crippen molar-refractivity contribution in [1.82, 2.24) is 0 Å². The number of aromatic hydroxyl groups is 1. The number of aliphatic hydroxyl groups excluding tert-OH is 1. The maximum atomic E-state index is 14.0. The SMILES string of the molecule is COc1ccc(OC)c(/C(O)=C2\C(=O)C(=O)N(c3ccc(F)c(F)c3)C2c2cccc(O)c2)c1. The monoisotopic (exact) mass is 467 g/mol. The Morgan fingerprint density at radius 1 is 0.941 bits per heavy atom. The first-order valence-electron chi connectivity index (χ1n) is 10.0. The lowest BCUT2D eigenvalue weighted by atomic mass is 9.94. The number of benzene rings is 3. The predicted octanol–water partition coefficient (Wildman–Crippen LogP) is 4.31. The third-order valence-electron chi connectivity index (χ3n) is 5.47. The molecule has 0 spiro atoms. The normalized spacial score (nSPS) is 17.2. The summed E-state index contributed by atoms with van der Waals surface area (Å²) in [6.07, 6.45) is 0. The van der Waals surface area contributed by atoms with Gasteiger partial charge in [-0.15, -0.1) is 0 Å². The molecule has 1 atom stereocenters. The summed E-state index contributed by atoms with van der Waals surface area (Å²) in [4.78, 5) is 27.2. The molecule has 1 unspecified atom stereocenters. The standard InChI is InChI=1S/C25H19F2NO6/c1-33-16-7-9-20(34-2)17(12-16)23(30)21-22(13-4-3-5-15(29)10-13)28(25(32)24(21)31)14-6-8-18(26)19(27)11-14/h3-12,22,29-30H,1-2H3/b23-21+. The topological polar surface area (TPSA) is 96.3 Å². The van der Waals surface area contributed by atoms with Crippen LogP contribution < -0.4 is 14.4 Å². The fraction of sp³-hybridized carbons (Fsp3) is 0.120. The minimum atomic E-state index is -1.26. The third kappa shape index (κ3) is 3.81. The lowest BCUT2D eigenvalue weighted by molar-refractivity contribution is -0.132. The van der Waals surface area contributed by atoms with Gasteiger partial charge in [-0.1, -0.05) is 12.1 Å². The van der Waals surface area contributed by atoms with E-state index in [0.717, 1.165) is 23.1 Å². The summed E-state index contributed by atoms with van der Waals surface area (Å²) in [5.41, 5.74) is -0.0967. The highest BCUT2D eigenvalue weighted by molar-refractivity contribution is 6.51. The first kappa shape index (κ1) is 22.8. The zero-order chi connectivity index (χ0) is 24.6. The first-order valence-corrected chi connectivity index (χ1v) is 10.0. The van der Waals surface area contributed by atoms with Crippen LogP contribution in [0, 0.1) is 11.6 Å². The second kappa shape index (κ2) is 8.86. The van der Waals surface area contributed by atoms with E-state index < -0.39 is 35.1 Å². The molecule has 1 heterocycles. The number of aliphatic hydroxyl groups is 1. The van der Waals surface area contributed by atoms with Crippen LogP contribution in [0.5, 0.6) is 17.2 Å². The number of halogens is 2. The number of methoxy groups -OCH3 is 2. The Balaban J connectivity index is 2.00. The molecule has 1 aliphatic heterocycles. The molecule has 1 aliphatic rings. The molecule has 0 saturated carbocycles. The molecule has 174 valence electrons. The quantitative estimate of drug-likeness (QED) is 0.330. The molecule has 3 aromatic carbocycles. The fourth-order valence-electron chi connectivity index (χ4n) is 3.89. The molecule has 0 radical (unpaired) electrons. The largest absolute Gasteiger partial charge is 0.508 e. The molecule has 3 aromatic rings. The molecular weight excluding hydrogens is 448 g/mol. The van der Waals surface area contributed by atoms with Gasteiger partial charge in [-0.05, 0) is 48.0 Å². The number of carbonyl (C=O) groups excluding carboxylic acids is 2. The number of hydrogen-bond acceptors (Lipinski definition) is 6. The van der Waals surface area contributed by atoms with Crippen molar-refractivity contribution >= 4 is 23.1 Å². The fourth-order valence-corrected chi connectivity index (χ4v) is 3.89. The van der Waals surface area contributed by atoms with Crippen LogP contribution >= 0.6 is 0 Å². The van der Waals surface area contributed by atoms with E-state index in [0.29, 0.717) is 5.75 Å². The van der Waals surface area contributed by atoms with Gasteiger partial charge in [0.1, 0.15) is 23.0 Å². The van der Waals surface area contributed by atoms with Crippen LogP contribution in [-0.4, -0.2) is 36.1 Å². The molecule has 7 nitrogen and oxygen atoms in total. The van der Waals surface area contributed by atoms with Crippen LogP contribution in [0.3, 0.4) is 0 Å². The van der Waals surface area contributed by atoms with Gasteiger partial charge in [0, 0.05) is 11.8 Å². The van der Waals surface area contributed by atoms with Gasteiger partial charge >= 0.3 is 0 Å². The Hall–Kier alpha value is -4.40. The van der Waals surface area contributed by atoms with Crippen molar-refractivity contribution < 1.29 is 38.1 Å². The van der Waals surface area contributed by atoms with Crippen LogP contribution in [0.1, 0.15) is 17.2 Å². The lowest BCUT2D eigenvalue weighted by Crippen LogP contribution is -2.29. The van der Waals surface area contributed by atoms with Gasteiger partial charge in [0.25, 0.3) is 11.7 Å². The van der Waals surface area contributed by atoms with Crippen molar-refractivity contribution in [2.45, 2.75) is 6.04 Å². The zero-order valence-corrected chi connectivity index (χ0v) is 18.1. The summed E-state index contributed by atoms with van der Waals surface area (Å²) in [5, 5.41) is 21.3. The summed E-state index contributed by atoms with van der Waals surface area (Å²) in [6.45, 7) is 0. The summed E-state index contributed by atoms with van der Waals surface area (Å²) < 4.78 is 38.1. The molecule has 0 aliphatic carbocycles. The molecule has 1 saturated heterocycles. The van der Waals surface area contributed by atoms with E-state index in [1.165, 1.54) is 50.6 Å². The highest BCUT2D eigenvalue weighted by atomic mass is 19.2. The van der Waals surface area contributed by atoms with Gasteiger partial charge in [0.2, 0.25) is 0 Å². The zero-order valence-electron chi connectivity index (χ0n) is 18.1. The number of hydrogen-bond donors (Lipinski definition) is 2. The van der Waals surface area contributed by atoms with Crippen molar-refractivity contribution in [2.75, 3.05) is 19.1 Å². The van der Waals surface area contributed by atoms with Gasteiger partial charge < -0.3 is 19.7 Å². The molecule has 1 fully saturated rings.